The van der Waals surface area contributed by atoms with Crippen molar-refractivity contribution in [3.05, 3.63) is 59.0 Å². The van der Waals surface area contributed by atoms with E-state index in [4.69, 9.17) is 4.74 Å². The minimum atomic E-state index is -5.22. The van der Waals surface area contributed by atoms with E-state index in [-0.39, 0.29) is 27.8 Å². The summed E-state index contributed by atoms with van der Waals surface area (Å²) in [5, 5.41) is 16.7. The Kier molecular flexibility index (Phi) is 9.94. The van der Waals surface area contributed by atoms with Crippen molar-refractivity contribution in [2.45, 2.75) is 63.4 Å². The van der Waals surface area contributed by atoms with Crippen molar-refractivity contribution in [2.75, 3.05) is 19.0 Å². The standard InChI is InChI=1S/C27H30F6N4O6S/c1-6-44(40,41)17-9-7-16(8-10-17)18(13-38)35-23(39)22-15(2)24(37(36-22)25(3,4)5)43-20-12-34-11-19(21(20)27(31,32)33)42-14-26(28,29)30/h7-12,18,38H,6,13-14H2,1-5H3,(H,35,39). The van der Waals surface area contributed by atoms with Crippen LogP contribution in [0.25, 0.3) is 0 Å². The summed E-state index contributed by atoms with van der Waals surface area (Å²) >= 11 is 0. The number of sulfone groups is 1. The quantitative estimate of drug-likeness (QED) is 0.280. The predicted octanol–water partition coefficient (Wildman–Crippen LogP) is 5.35. The third-order valence-electron chi connectivity index (χ3n) is 6.19. The molecule has 2 heterocycles. The van der Waals surface area contributed by atoms with Crippen molar-refractivity contribution in [1.82, 2.24) is 20.1 Å². The Morgan fingerprint density at radius 2 is 1.64 bits per heavy atom. The van der Waals surface area contributed by atoms with Gasteiger partial charge in [-0.1, -0.05) is 19.1 Å². The zero-order valence-corrected chi connectivity index (χ0v) is 25.0. The lowest BCUT2D eigenvalue weighted by atomic mass is 10.1. The van der Waals surface area contributed by atoms with Gasteiger partial charge in [0.25, 0.3) is 5.91 Å². The number of aromatic nitrogens is 3. The highest BCUT2D eigenvalue weighted by Gasteiger charge is 2.41. The third kappa shape index (κ3) is 7.99. The van der Waals surface area contributed by atoms with E-state index in [0.29, 0.717) is 18.0 Å². The first-order valence-electron chi connectivity index (χ1n) is 13.0. The maximum Gasteiger partial charge on any atom is 0.423 e. The molecule has 17 heteroatoms. The summed E-state index contributed by atoms with van der Waals surface area (Å²) in [4.78, 5) is 16.9. The summed E-state index contributed by atoms with van der Waals surface area (Å²) in [7, 11) is -3.50. The summed E-state index contributed by atoms with van der Waals surface area (Å²) in [5.74, 6) is -3.52. The number of rotatable bonds is 10. The van der Waals surface area contributed by atoms with E-state index in [2.05, 4.69) is 20.1 Å². The van der Waals surface area contributed by atoms with Crippen LogP contribution in [0, 0.1) is 6.92 Å². The molecule has 44 heavy (non-hydrogen) atoms. The van der Waals surface area contributed by atoms with Gasteiger partial charge in [-0.25, -0.2) is 13.1 Å². The van der Waals surface area contributed by atoms with E-state index in [1.807, 2.05) is 0 Å². The molecule has 2 N–H and O–H groups in total. The molecule has 0 aliphatic heterocycles. The predicted molar refractivity (Wildman–Crippen MR) is 144 cm³/mol. The maximum atomic E-state index is 14.0. The number of pyridine rings is 1. The van der Waals surface area contributed by atoms with Gasteiger partial charge >= 0.3 is 12.4 Å². The number of hydrogen-bond donors (Lipinski definition) is 2. The first kappa shape index (κ1) is 34.6. The van der Waals surface area contributed by atoms with E-state index < -0.39 is 70.0 Å². The van der Waals surface area contributed by atoms with Crippen LogP contribution in [0.1, 0.15) is 60.9 Å². The molecule has 0 radical (unpaired) electrons. The molecule has 0 fully saturated rings. The summed E-state index contributed by atoms with van der Waals surface area (Å²) in [6.45, 7) is 5.05. The Morgan fingerprint density at radius 3 is 2.14 bits per heavy atom. The smallest absolute Gasteiger partial charge is 0.423 e. The van der Waals surface area contributed by atoms with Crippen molar-refractivity contribution >= 4 is 15.7 Å². The fraction of sp³-hybridized carbons (Fsp3) is 0.444. The number of nitrogens with zero attached hydrogens (tertiary/aromatic N) is 3. The molecular weight excluding hydrogens is 622 g/mol. The summed E-state index contributed by atoms with van der Waals surface area (Å²) in [6, 6.07) is 4.46. The number of alkyl halides is 6. The van der Waals surface area contributed by atoms with Gasteiger partial charge in [0.1, 0.15) is 5.56 Å². The van der Waals surface area contributed by atoms with Crippen LogP contribution < -0.4 is 14.8 Å². The molecule has 3 aromatic rings. The number of benzene rings is 1. The molecule has 10 nitrogen and oxygen atoms in total. The molecule has 1 aromatic carbocycles. The number of halogens is 6. The Balaban J connectivity index is 2.02. The number of carbonyl (C=O) groups excluding carboxylic acids is 1. The van der Waals surface area contributed by atoms with Gasteiger partial charge in [0.15, 0.2) is 33.6 Å². The lowest BCUT2D eigenvalue weighted by Crippen LogP contribution is -2.32. The highest BCUT2D eigenvalue weighted by molar-refractivity contribution is 7.91. The van der Waals surface area contributed by atoms with E-state index in [1.165, 1.54) is 38.1 Å². The molecule has 1 atom stereocenters. The summed E-state index contributed by atoms with van der Waals surface area (Å²) < 4.78 is 115. The third-order valence-corrected chi connectivity index (χ3v) is 7.94. The topological polar surface area (TPSA) is 133 Å². The summed E-state index contributed by atoms with van der Waals surface area (Å²) in [6.07, 6.45) is -9.02. The number of carbonyl (C=O) groups is 1. The van der Waals surface area contributed by atoms with Crippen molar-refractivity contribution < 1.29 is 54.1 Å². The average molecular weight is 653 g/mol. The Morgan fingerprint density at radius 1 is 1.05 bits per heavy atom. The number of aliphatic hydroxyl groups excluding tert-OH is 1. The van der Waals surface area contributed by atoms with Crippen LogP contribution in [-0.2, 0) is 21.6 Å². The molecule has 2 aromatic heterocycles. The van der Waals surface area contributed by atoms with E-state index in [1.54, 1.807) is 20.8 Å². The average Bonchev–Trinajstić information content (AvgIpc) is 3.25. The Bertz CT molecular complexity index is 1600. The minimum Gasteiger partial charge on any atom is -0.482 e. The molecule has 0 aliphatic rings. The van der Waals surface area contributed by atoms with Gasteiger partial charge in [0.05, 0.1) is 41.2 Å². The van der Waals surface area contributed by atoms with Gasteiger partial charge in [-0.05, 0) is 45.4 Å². The molecule has 0 bridgehead atoms. The van der Waals surface area contributed by atoms with Gasteiger partial charge in [0.2, 0.25) is 5.88 Å². The highest BCUT2D eigenvalue weighted by atomic mass is 32.2. The number of ether oxygens (including phenoxy) is 2. The normalized spacial score (nSPS) is 13.5. The van der Waals surface area contributed by atoms with Crippen LogP contribution in [0.3, 0.4) is 0 Å². The first-order chi connectivity index (χ1) is 20.2. The second kappa shape index (κ2) is 12.6. The fourth-order valence-electron chi connectivity index (χ4n) is 3.96. The van der Waals surface area contributed by atoms with Gasteiger partial charge in [-0.3, -0.25) is 9.78 Å². The summed E-state index contributed by atoms with van der Waals surface area (Å²) in [5.41, 5.74) is -2.60. The van der Waals surface area contributed by atoms with Crippen LogP contribution >= 0.6 is 0 Å². The largest absolute Gasteiger partial charge is 0.482 e. The highest BCUT2D eigenvalue weighted by Crippen LogP contribution is 2.44. The Hall–Kier alpha value is -3.86. The zero-order chi connectivity index (χ0) is 33.3. The lowest BCUT2D eigenvalue weighted by Gasteiger charge is -2.23. The van der Waals surface area contributed by atoms with E-state index in [9.17, 15) is 44.7 Å². The second-order valence-corrected chi connectivity index (χ2v) is 12.8. The number of hydrogen-bond acceptors (Lipinski definition) is 8. The molecule has 0 saturated carbocycles. The van der Waals surface area contributed by atoms with Crippen molar-refractivity contribution in [3.8, 4) is 17.4 Å². The van der Waals surface area contributed by atoms with E-state index in [0.717, 1.165) is 4.68 Å². The zero-order valence-electron chi connectivity index (χ0n) is 24.2. The van der Waals surface area contributed by atoms with E-state index >= 15 is 0 Å². The number of aliphatic hydroxyl groups is 1. The molecule has 1 amide bonds. The molecule has 0 aliphatic carbocycles. The molecule has 242 valence electrons. The maximum absolute atomic E-state index is 14.0. The van der Waals surface area contributed by atoms with Crippen LogP contribution in [0.15, 0.2) is 41.6 Å². The fourth-order valence-corrected chi connectivity index (χ4v) is 4.84. The van der Waals surface area contributed by atoms with Crippen LogP contribution in [0.4, 0.5) is 26.3 Å². The number of amides is 1. The molecule has 3 rings (SSSR count). The molecular formula is C27H30F6N4O6S. The van der Waals surface area contributed by atoms with Crippen LogP contribution in [0.5, 0.6) is 17.4 Å². The molecule has 1 unspecified atom stereocenters. The first-order valence-corrected chi connectivity index (χ1v) is 14.6. The molecule has 0 saturated heterocycles. The monoisotopic (exact) mass is 652 g/mol. The van der Waals surface area contributed by atoms with Crippen LogP contribution in [0.2, 0.25) is 0 Å². The Labute approximate surface area is 248 Å². The van der Waals surface area contributed by atoms with Crippen LogP contribution in [-0.4, -0.2) is 59.3 Å². The van der Waals surface area contributed by atoms with Gasteiger partial charge in [-0.15, -0.1) is 0 Å². The second-order valence-electron chi connectivity index (χ2n) is 10.6. The minimum absolute atomic E-state index is 0.0340. The van der Waals surface area contributed by atoms with Gasteiger partial charge < -0.3 is 19.9 Å². The van der Waals surface area contributed by atoms with Gasteiger partial charge in [0, 0.05) is 5.56 Å². The SMILES string of the molecule is CCS(=O)(=O)c1ccc(C(CO)NC(=O)c2nn(C(C)(C)C)c(Oc3cncc(OCC(F)(F)F)c3C(F)(F)F)c2C)cc1. The van der Waals surface area contributed by atoms with Crippen molar-refractivity contribution in [2.24, 2.45) is 0 Å². The lowest BCUT2D eigenvalue weighted by molar-refractivity contribution is -0.159. The van der Waals surface area contributed by atoms with Crippen molar-refractivity contribution in [1.29, 1.82) is 0 Å². The number of nitrogens with one attached hydrogen (secondary N) is 1. The molecule has 0 spiro atoms. The van der Waals surface area contributed by atoms with Gasteiger partial charge in [-0.2, -0.15) is 31.4 Å². The van der Waals surface area contributed by atoms with Crippen molar-refractivity contribution in [3.63, 3.8) is 0 Å².